The predicted molar refractivity (Wildman–Crippen MR) is 106 cm³/mol. The van der Waals surface area contributed by atoms with Crippen molar-refractivity contribution in [3.05, 3.63) is 47.0 Å². The van der Waals surface area contributed by atoms with Crippen LogP contribution in [0.2, 0.25) is 0 Å². The second kappa shape index (κ2) is 9.99. The van der Waals surface area contributed by atoms with Gasteiger partial charge >= 0.3 is 5.97 Å². The molecule has 29 heavy (non-hydrogen) atoms. The Hall–Kier alpha value is -3.73. The number of rotatable bonds is 9. The first-order valence-electron chi connectivity index (χ1n) is 9.10. The van der Waals surface area contributed by atoms with E-state index in [0.29, 0.717) is 37.1 Å². The van der Waals surface area contributed by atoms with Gasteiger partial charge in [-0.25, -0.2) is 4.79 Å². The van der Waals surface area contributed by atoms with Crippen LogP contribution in [-0.4, -0.2) is 36.8 Å². The highest BCUT2D eigenvalue weighted by atomic mass is 16.5. The molecule has 8 heteroatoms. The molecule has 0 bridgehead atoms. The van der Waals surface area contributed by atoms with Crippen LogP contribution in [-0.2, 0) is 0 Å². The van der Waals surface area contributed by atoms with E-state index >= 15 is 0 Å². The highest BCUT2D eigenvalue weighted by Gasteiger charge is 2.20. The molecule has 0 atom stereocenters. The molecule has 0 aromatic heterocycles. The van der Waals surface area contributed by atoms with Crippen LogP contribution in [0, 0.1) is 11.3 Å². The summed E-state index contributed by atoms with van der Waals surface area (Å²) in [5, 5.41) is 20.9. The number of hydrogen-bond donors (Lipinski definition) is 2. The lowest BCUT2D eigenvalue weighted by molar-refractivity contribution is 0.0698. The summed E-state index contributed by atoms with van der Waals surface area (Å²) in [5.41, 5.74) is 0.282. The van der Waals surface area contributed by atoms with Crippen LogP contribution in [0.15, 0.2) is 30.3 Å². The van der Waals surface area contributed by atoms with Crippen molar-refractivity contribution in [1.29, 1.82) is 5.26 Å². The van der Waals surface area contributed by atoms with Gasteiger partial charge in [0.15, 0.2) is 11.5 Å². The molecule has 0 spiro atoms. The summed E-state index contributed by atoms with van der Waals surface area (Å²) >= 11 is 0. The summed E-state index contributed by atoms with van der Waals surface area (Å²) < 4.78 is 16.8. The molecule has 8 nitrogen and oxygen atoms in total. The fourth-order valence-electron chi connectivity index (χ4n) is 2.61. The van der Waals surface area contributed by atoms with Crippen molar-refractivity contribution in [2.45, 2.75) is 20.8 Å². The summed E-state index contributed by atoms with van der Waals surface area (Å²) in [5.74, 6) is -0.707. The minimum Gasteiger partial charge on any atom is -0.490 e. The lowest BCUT2D eigenvalue weighted by Gasteiger charge is -2.17. The van der Waals surface area contributed by atoms with E-state index in [1.165, 1.54) is 30.3 Å². The van der Waals surface area contributed by atoms with Gasteiger partial charge in [-0.2, -0.15) is 5.26 Å². The Balaban J connectivity index is 2.45. The number of carboxylic acid groups (broad SMARTS) is 1. The molecule has 2 aromatic carbocycles. The average Bonchev–Trinajstić information content (AvgIpc) is 2.70. The highest BCUT2D eigenvalue weighted by molar-refractivity contribution is 6.08. The summed E-state index contributed by atoms with van der Waals surface area (Å²) in [6, 6.07) is 8.90. The highest BCUT2D eigenvalue weighted by Crippen LogP contribution is 2.39. The minimum absolute atomic E-state index is 0.0753. The number of nitriles is 1. The first-order chi connectivity index (χ1) is 13.9. The average molecular weight is 398 g/mol. The quantitative estimate of drug-likeness (QED) is 0.661. The molecule has 0 radical (unpaired) electrons. The van der Waals surface area contributed by atoms with Crippen LogP contribution >= 0.6 is 0 Å². The first-order valence-corrected chi connectivity index (χ1v) is 9.10. The molecule has 0 saturated carbocycles. The monoisotopic (exact) mass is 398 g/mol. The van der Waals surface area contributed by atoms with Crippen LogP contribution in [0.5, 0.6) is 17.2 Å². The Bertz CT molecular complexity index is 922. The van der Waals surface area contributed by atoms with E-state index in [4.69, 9.17) is 19.5 Å². The number of hydrogen-bond acceptors (Lipinski definition) is 6. The van der Waals surface area contributed by atoms with Crippen molar-refractivity contribution in [2.24, 2.45) is 0 Å². The number of carbonyl (C=O) groups is 2. The van der Waals surface area contributed by atoms with Crippen LogP contribution in [0.4, 0.5) is 5.69 Å². The number of nitrogens with one attached hydrogen (secondary N) is 1. The van der Waals surface area contributed by atoms with Gasteiger partial charge in [0.05, 0.1) is 42.7 Å². The maximum Gasteiger partial charge on any atom is 0.337 e. The third kappa shape index (κ3) is 5.17. The maximum atomic E-state index is 12.8. The fraction of sp³-hybridized carbons (Fsp3) is 0.286. The zero-order valence-electron chi connectivity index (χ0n) is 16.4. The molecule has 1 amide bonds. The van der Waals surface area contributed by atoms with Crippen molar-refractivity contribution >= 4 is 17.6 Å². The molecular weight excluding hydrogens is 376 g/mol. The molecule has 0 aliphatic heterocycles. The molecule has 0 saturated heterocycles. The number of amides is 1. The zero-order valence-corrected chi connectivity index (χ0v) is 16.4. The number of carbonyl (C=O) groups excluding carboxylic acids is 1. The topological polar surface area (TPSA) is 118 Å². The first kappa shape index (κ1) is 21.6. The summed E-state index contributed by atoms with van der Waals surface area (Å²) in [6.07, 6.45) is 0. The lowest BCUT2D eigenvalue weighted by atomic mass is 10.1. The van der Waals surface area contributed by atoms with E-state index in [2.05, 4.69) is 5.32 Å². The number of anilines is 1. The largest absolute Gasteiger partial charge is 0.490 e. The van der Waals surface area contributed by atoms with Gasteiger partial charge in [-0.15, -0.1) is 0 Å². The van der Waals surface area contributed by atoms with Crippen LogP contribution in [0.3, 0.4) is 0 Å². The molecule has 2 aromatic rings. The van der Waals surface area contributed by atoms with E-state index < -0.39 is 11.9 Å². The summed E-state index contributed by atoms with van der Waals surface area (Å²) in [7, 11) is 0. The Morgan fingerprint density at radius 1 is 1.00 bits per heavy atom. The molecule has 0 unspecified atom stereocenters. The van der Waals surface area contributed by atoms with Crippen molar-refractivity contribution < 1.29 is 28.9 Å². The van der Waals surface area contributed by atoms with E-state index in [1.54, 1.807) is 13.8 Å². The standard InChI is InChI=1S/C21H22N2O6/c1-4-27-17-10-14(11-18(28-5-2)19(17)29-6-3)20(24)23-16-8-7-13(12-22)9-15(16)21(25)26/h7-11H,4-6H2,1-3H3,(H,23,24)(H,25,26). The molecule has 2 N–H and O–H groups in total. The normalized spacial score (nSPS) is 10.0. The lowest BCUT2D eigenvalue weighted by Crippen LogP contribution is -2.16. The Morgan fingerprint density at radius 2 is 1.59 bits per heavy atom. The van der Waals surface area contributed by atoms with Gasteiger partial charge in [0.1, 0.15) is 0 Å². The predicted octanol–water partition coefficient (Wildman–Crippen LogP) is 3.70. The zero-order chi connectivity index (χ0) is 21.4. The van der Waals surface area contributed by atoms with E-state index in [1.807, 2.05) is 13.0 Å². The van der Waals surface area contributed by atoms with Gasteiger partial charge in [0.2, 0.25) is 5.75 Å². The number of benzene rings is 2. The third-order valence-electron chi connectivity index (χ3n) is 3.80. The van der Waals surface area contributed by atoms with Crippen LogP contribution in [0.1, 0.15) is 47.1 Å². The second-order valence-electron chi connectivity index (χ2n) is 5.73. The summed E-state index contributed by atoms with van der Waals surface area (Å²) in [4.78, 5) is 24.3. The Labute approximate surface area is 168 Å². The van der Waals surface area contributed by atoms with Crippen molar-refractivity contribution in [3.8, 4) is 23.3 Å². The van der Waals surface area contributed by atoms with E-state index in [0.717, 1.165) is 0 Å². The third-order valence-corrected chi connectivity index (χ3v) is 3.80. The van der Waals surface area contributed by atoms with Gasteiger partial charge in [0.25, 0.3) is 5.91 Å². The number of ether oxygens (including phenoxy) is 3. The van der Waals surface area contributed by atoms with E-state index in [-0.39, 0.29) is 22.4 Å². The van der Waals surface area contributed by atoms with Crippen LogP contribution in [0.25, 0.3) is 0 Å². The fourth-order valence-corrected chi connectivity index (χ4v) is 2.61. The Morgan fingerprint density at radius 3 is 2.07 bits per heavy atom. The SMILES string of the molecule is CCOc1cc(C(=O)Nc2ccc(C#N)cc2C(=O)O)cc(OCC)c1OCC. The van der Waals surface area contributed by atoms with Crippen molar-refractivity contribution in [1.82, 2.24) is 0 Å². The second-order valence-corrected chi connectivity index (χ2v) is 5.73. The molecule has 0 aliphatic rings. The number of nitrogens with zero attached hydrogens (tertiary/aromatic N) is 1. The minimum atomic E-state index is -1.26. The van der Waals surface area contributed by atoms with Crippen molar-refractivity contribution in [3.63, 3.8) is 0 Å². The molecular formula is C21H22N2O6. The maximum absolute atomic E-state index is 12.8. The Kier molecular flexibility index (Phi) is 7.43. The van der Waals surface area contributed by atoms with Gasteiger partial charge in [-0.3, -0.25) is 4.79 Å². The van der Waals surface area contributed by atoms with Crippen LogP contribution < -0.4 is 19.5 Å². The molecule has 0 heterocycles. The molecule has 2 rings (SSSR count). The number of aromatic carboxylic acids is 1. The molecule has 0 aliphatic carbocycles. The van der Waals surface area contributed by atoms with Gasteiger partial charge in [-0.05, 0) is 51.1 Å². The molecule has 152 valence electrons. The van der Waals surface area contributed by atoms with Gasteiger partial charge in [-0.1, -0.05) is 0 Å². The van der Waals surface area contributed by atoms with E-state index in [9.17, 15) is 14.7 Å². The molecule has 0 fully saturated rings. The van der Waals surface area contributed by atoms with Crippen molar-refractivity contribution in [2.75, 3.05) is 25.1 Å². The van der Waals surface area contributed by atoms with Gasteiger partial charge < -0.3 is 24.6 Å². The van der Waals surface area contributed by atoms with Gasteiger partial charge in [0, 0.05) is 5.56 Å². The summed E-state index contributed by atoms with van der Waals surface area (Å²) in [6.45, 7) is 6.53. The number of carboxylic acids is 1. The smallest absolute Gasteiger partial charge is 0.337 e.